The monoisotopic (exact) mass is 1180 g/mol. The molecule has 0 saturated carbocycles. The molecule has 34 heteroatoms. The predicted molar refractivity (Wildman–Crippen MR) is 244 cm³/mol. The molecule has 0 unspecified atom stereocenters. The predicted octanol–water partition coefficient (Wildman–Crippen LogP) is 11.5. The van der Waals surface area contributed by atoms with Crippen molar-refractivity contribution in [3.05, 3.63) is 125 Å². The van der Waals surface area contributed by atoms with Gasteiger partial charge in [0, 0.05) is 37.9 Å². The summed E-state index contributed by atoms with van der Waals surface area (Å²) in [7, 11) is -3.54. The number of halogens is 15. The van der Waals surface area contributed by atoms with Crippen LogP contribution < -0.4 is 59.2 Å². The van der Waals surface area contributed by atoms with Gasteiger partial charge in [-0.15, -0.1) is 52.7 Å². The van der Waals surface area contributed by atoms with E-state index >= 15 is 8.78 Å². The number of carbonyl (C=O) groups is 4. The van der Waals surface area contributed by atoms with Gasteiger partial charge >= 0.3 is 31.4 Å². The summed E-state index contributed by atoms with van der Waals surface area (Å²) in [4.78, 5) is 57.6. The van der Waals surface area contributed by atoms with Crippen molar-refractivity contribution in [2.75, 3.05) is 51.2 Å². The maximum absolute atomic E-state index is 15.3. The smallest absolute Gasteiger partial charge is 0.490 e. The van der Waals surface area contributed by atoms with E-state index in [0.717, 1.165) is 50.8 Å². The molecule has 4 N–H and O–H groups in total. The second-order valence-electron chi connectivity index (χ2n) is 14.7. The summed E-state index contributed by atoms with van der Waals surface area (Å²) in [5, 5.41) is 8.99. The standard InChI is InChI=1S/C24H19F7N4O6.C23H14F8N2O7/c1-32-19-15(41-24(29,30)31)6-4-13(17(19)22(37)35-11-8-9-34-12(10-11)21(36)33-2)39-16-7-5-14(40-23(26,27)28)18(25)20(16)38-3;1-36-19-15(6-5-14(18(19)25)40-23(29,30)31)38-12-3-4-13(39-22(26,27)28)17(24)16(12)20(34)33-10-7-8-32-11(9-10)21(35)37-2/h4-10,32H,1-3H3,(H,33,36)(H,34,35,37);3-9H,1-2H3,(H,32,33,34)/i3D3;1D3. The maximum Gasteiger partial charge on any atom is 0.573 e. The largest absolute Gasteiger partial charge is 0.573 e. The summed E-state index contributed by atoms with van der Waals surface area (Å²) in [6.07, 6.45) is -19.4. The zero-order chi connectivity index (χ0) is 65.4. The van der Waals surface area contributed by atoms with E-state index in [0.29, 0.717) is 42.5 Å². The minimum absolute atomic E-state index is 0.0788. The second kappa shape index (κ2) is 25.3. The lowest BCUT2D eigenvalue weighted by molar-refractivity contribution is -0.276. The van der Waals surface area contributed by atoms with Gasteiger partial charge in [0.15, 0.2) is 40.3 Å². The number of hydrogen-bond donors (Lipinski definition) is 4. The van der Waals surface area contributed by atoms with Crippen LogP contribution in [0, 0.1) is 17.5 Å². The first-order chi connectivity index (χ1) is 40.1. The number of rotatable bonds is 17. The lowest BCUT2D eigenvalue weighted by atomic mass is 10.1. The zero-order valence-corrected chi connectivity index (χ0v) is 40.0. The Morgan fingerprint density at radius 1 is 0.481 bits per heavy atom. The Morgan fingerprint density at radius 3 is 1.27 bits per heavy atom. The van der Waals surface area contributed by atoms with E-state index in [4.69, 9.17) is 17.7 Å². The van der Waals surface area contributed by atoms with Crippen LogP contribution in [-0.2, 0) is 4.74 Å². The van der Waals surface area contributed by atoms with Crippen molar-refractivity contribution in [1.82, 2.24) is 15.3 Å². The molecule has 0 aliphatic carbocycles. The first-order valence-electron chi connectivity index (χ1n) is 24.0. The number of carbonyl (C=O) groups excluding carboxylic acids is 4. The molecule has 434 valence electrons. The van der Waals surface area contributed by atoms with Crippen LogP contribution in [0.1, 0.15) is 49.9 Å². The summed E-state index contributed by atoms with van der Waals surface area (Å²) < 4.78 is 281. The minimum Gasteiger partial charge on any atom is -0.490 e. The Bertz CT molecular complexity index is 3540. The summed E-state index contributed by atoms with van der Waals surface area (Å²) in [5.41, 5.74) is -3.60. The third kappa shape index (κ3) is 16.6. The quantitative estimate of drug-likeness (QED) is 0.0492. The molecule has 81 heavy (non-hydrogen) atoms. The molecule has 2 aromatic heterocycles. The fraction of sp³-hybridized carbons (Fsp3) is 0.191. The molecule has 0 atom stereocenters. The Labute approximate surface area is 451 Å². The van der Waals surface area contributed by atoms with E-state index in [9.17, 15) is 76.3 Å². The van der Waals surface area contributed by atoms with Gasteiger partial charge in [0.25, 0.3) is 17.7 Å². The van der Waals surface area contributed by atoms with Crippen LogP contribution >= 0.6 is 0 Å². The maximum atomic E-state index is 15.3. The lowest BCUT2D eigenvalue weighted by Gasteiger charge is -2.20. The number of alkyl halides is 12. The van der Waals surface area contributed by atoms with Crippen molar-refractivity contribution in [2.45, 2.75) is 25.4 Å². The molecule has 0 radical (unpaired) electrons. The highest BCUT2D eigenvalue weighted by Gasteiger charge is 2.38. The molecule has 2 heterocycles. The van der Waals surface area contributed by atoms with Crippen LogP contribution in [0.3, 0.4) is 0 Å². The van der Waals surface area contributed by atoms with E-state index in [1.54, 1.807) is 0 Å². The van der Waals surface area contributed by atoms with Crippen LogP contribution in [0.5, 0.6) is 57.5 Å². The van der Waals surface area contributed by atoms with Gasteiger partial charge in [0.1, 0.15) is 34.0 Å². The van der Waals surface area contributed by atoms with Crippen molar-refractivity contribution < 1.29 is 136 Å². The first-order valence-corrected chi connectivity index (χ1v) is 21.0. The number of aromatic nitrogens is 2. The number of nitrogens with one attached hydrogen (secondary N) is 4. The number of pyridine rings is 2. The third-order valence-corrected chi connectivity index (χ3v) is 9.39. The Kier molecular flexibility index (Phi) is 16.6. The molecule has 6 rings (SSSR count). The molecule has 19 nitrogen and oxygen atoms in total. The number of methoxy groups -OCH3 is 3. The highest BCUT2D eigenvalue weighted by Crippen LogP contribution is 2.46. The Hall–Kier alpha value is -9.79. The molecule has 0 saturated heterocycles. The van der Waals surface area contributed by atoms with Gasteiger partial charge in [-0.3, -0.25) is 19.4 Å². The number of benzene rings is 4. The lowest BCUT2D eigenvalue weighted by Crippen LogP contribution is -2.21. The first kappa shape index (κ1) is 53.2. The van der Waals surface area contributed by atoms with Crippen LogP contribution in [0.25, 0.3) is 0 Å². The zero-order valence-electron chi connectivity index (χ0n) is 46.0. The molecular weight excluding hydrogens is 1140 g/mol. The Balaban J connectivity index is 0.000000317. The minimum atomic E-state index is -5.45. The van der Waals surface area contributed by atoms with Crippen LogP contribution in [0.4, 0.5) is 82.9 Å². The average molecular weight is 1180 g/mol. The fourth-order valence-electron chi connectivity index (χ4n) is 6.28. The number of anilines is 3. The highest BCUT2D eigenvalue weighted by atomic mass is 19.4. The van der Waals surface area contributed by atoms with Gasteiger partial charge in [0.2, 0.25) is 23.1 Å². The van der Waals surface area contributed by atoms with Gasteiger partial charge < -0.3 is 63.9 Å². The van der Waals surface area contributed by atoms with E-state index in [2.05, 4.69) is 59.1 Å². The highest BCUT2D eigenvalue weighted by molar-refractivity contribution is 6.11. The van der Waals surface area contributed by atoms with Crippen molar-refractivity contribution >= 4 is 40.8 Å². The normalized spacial score (nSPS) is 12.8. The number of nitrogens with zero attached hydrogens (tertiary/aromatic N) is 2. The summed E-state index contributed by atoms with van der Waals surface area (Å²) in [5.74, 6) is -22.6. The van der Waals surface area contributed by atoms with E-state index in [-0.39, 0.29) is 22.8 Å². The molecule has 6 aromatic rings. The average Bonchev–Trinajstić information content (AvgIpc) is 0.981. The topological polar surface area (TPSA) is 225 Å². The van der Waals surface area contributed by atoms with E-state index < -0.39 is 155 Å². The van der Waals surface area contributed by atoms with Gasteiger partial charge in [-0.1, -0.05) is 0 Å². The van der Waals surface area contributed by atoms with Crippen molar-refractivity contribution in [3.8, 4) is 57.5 Å². The van der Waals surface area contributed by atoms with Gasteiger partial charge in [-0.05, 0) is 72.8 Å². The number of hydrogen-bond acceptors (Lipinski definition) is 16. The molecule has 0 bridgehead atoms. The van der Waals surface area contributed by atoms with Crippen molar-refractivity contribution in [3.63, 3.8) is 0 Å². The summed E-state index contributed by atoms with van der Waals surface area (Å²) in [6.45, 7) is 0. The van der Waals surface area contributed by atoms with Crippen molar-refractivity contribution in [1.29, 1.82) is 0 Å². The molecule has 0 spiro atoms. The SMILES string of the molecule is [2H]C([2H])([2H])Oc1c(Oc2ccc(OC(F)(F)F)c(F)c2C(=O)Nc2ccnc(C(=O)OC)c2)ccc(OC(F)(F)F)c1F.[2H]C([2H])([2H])Oc1c(Oc2ccc(OC(F)(F)F)c(NC)c2C(=O)Nc2ccnc(C(=O)NC)c2)ccc(OC(F)(F)F)c1F. The fourth-order valence-corrected chi connectivity index (χ4v) is 6.28. The van der Waals surface area contributed by atoms with E-state index in [1.807, 2.05) is 5.32 Å². The summed E-state index contributed by atoms with van der Waals surface area (Å²) in [6, 6.07) is 8.43. The molecule has 0 fully saturated rings. The number of ether oxygens (including phenoxy) is 9. The van der Waals surface area contributed by atoms with Crippen molar-refractivity contribution in [2.24, 2.45) is 0 Å². The second-order valence-corrected chi connectivity index (χ2v) is 14.7. The molecule has 4 aromatic carbocycles. The molecule has 3 amide bonds. The third-order valence-electron chi connectivity index (χ3n) is 9.39. The molecular formula is C47H33F15N6O13. The van der Waals surface area contributed by atoms with Crippen LogP contribution in [0.2, 0.25) is 0 Å². The van der Waals surface area contributed by atoms with Crippen LogP contribution in [0.15, 0.2) is 85.2 Å². The van der Waals surface area contributed by atoms with Gasteiger partial charge in [0.05, 0.1) is 35.1 Å². The number of amides is 3. The van der Waals surface area contributed by atoms with E-state index in [1.165, 1.54) is 13.1 Å². The Morgan fingerprint density at radius 2 is 0.852 bits per heavy atom. The molecule has 0 aliphatic heterocycles. The van der Waals surface area contributed by atoms with Gasteiger partial charge in [-0.25, -0.2) is 14.2 Å². The van der Waals surface area contributed by atoms with Gasteiger partial charge in [-0.2, -0.15) is 8.78 Å². The van der Waals surface area contributed by atoms with Crippen LogP contribution in [-0.4, -0.2) is 94.4 Å². The number of esters is 1. The summed E-state index contributed by atoms with van der Waals surface area (Å²) >= 11 is 0. The molecule has 0 aliphatic rings.